The molecule has 10 heteroatoms. The van der Waals surface area contributed by atoms with Crippen LogP contribution in [0.15, 0.2) is 52.3 Å². The summed E-state index contributed by atoms with van der Waals surface area (Å²) in [6, 6.07) is 11.0. The molecule has 31 heavy (non-hydrogen) atoms. The van der Waals surface area contributed by atoms with Gasteiger partial charge in [-0.2, -0.15) is 0 Å². The van der Waals surface area contributed by atoms with Crippen molar-refractivity contribution in [1.82, 2.24) is 4.90 Å². The highest BCUT2D eigenvalue weighted by Crippen LogP contribution is 2.35. The van der Waals surface area contributed by atoms with E-state index in [0.29, 0.717) is 22.2 Å². The first-order chi connectivity index (χ1) is 14.8. The Labute approximate surface area is 190 Å². The molecular formula is C21H22ClN3O4S2. The van der Waals surface area contributed by atoms with Gasteiger partial charge in [0.05, 0.1) is 22.2 Å². The second-order valence-corrected chi connectivity index (χ2v) is 10.7. The number of sulfonamides is 1. The van der Waals surface area contributed by atoms with E-state index in [1.54, 1.807) is 24.3 Å². The van der Waals surface area contributed by atoms with Crippen molar-refractivity contribution >= 4 is 56.6 Å². The molecule has 0 radical (unpaired) electrons. The van der Waals surface area contributed by atoms with Crippen LogP contribution in [0.3, 0.4) is 0 Å². The average molecular weight is 480 g/mol. The Bertz CT molecular complexity index is 1120. The maximum Gasteiger partial charge on any atom is 0.261 e. The molecule has 2 aliphatic rings. The number of fused-ring (bicyclic) bond motifs is 1. The molecule has 7 nitrogen and oxygen atoms in total. The van der Waals surface area contributed by atoms with Gasteiger partial charge in [0.2, 0.25) is 11.8 Å². The van der Waals surface area contributed by atoms with Crippen LogP contribution in [0, 0.1) is 5.92 Å². The predicted molar refractivity (Wildman–Crippen MR) is 122 cm³/mol. The average Bonchev–Trinajstić information content (AvgIpc) is 3.21. The Balaban J connectivity index is 1.49. The Hall–Kier alpha value is -2.23. The Kier molecular flexibility index (Phi) is 6.45. The van der Waals surface area contributed by atoms with Crippen LogP contribution in [0.4, 0.5) is 11.4 Å². The number of anilines is 2. The third kappa shape index (κ3) is 5.16. The number of hydrogen-bond acceptors (Lipinski definition) is 5. The second-order valence-electron chi connectivity index (χ2n) is 7.56. The molecule has 2 aromatic rings. The van der Waals surface area contributed by atoms with Gasteiger partial charge in [-0.15, -0.1) is 11.8 Å². The van der Waals surface area contributed by atoms with E-state index in [1.165, 1.54) is 30.0 Å². The first-order valence-corrected chi connectivity index (χ1v) is 12.8. The van der Waals surface area contributed by atoms with Crippen LogP contribution >= 0.6 is 23.4 Å². The number of nitrogens with zero attached hydrogens (tertiary/aromatic N) is 1. The number of thioether (sulfide) groups is 1. The number of rotatable bonds is 5. The summed E-state index contributed by atoms with van der Waals surface area (Å²) in [5, 5.41) is 3.23. The molecule has 0 spiro atoms. The van der Waals surface area contributed by atoms with Crippen LogP contribution in [0.2, 0.25) is 5.02 Å². The zero-order valence-corrected chi connectivity index (χ0v) is 19.0. The van der Waals surface area contributed by atoms with E-state index in [2.05, 4.69) is 10.0 Å². The number of carbonyl (C=O) groups excluding carboxylic acids is 2. The number of amides is 2. The molecule has 1 saturated heterocycles. The molecule has 2 amide bonds. The maximum atomic E-state index is 12.8. The van der Waals surface area contributed by atoms with E-state index < -0.39 is 15.9 Å². The van der Waals surface area contributed by atoms with Crippen LogP contribution in [0.25, 0.3) is 0 Å². The first kappa shape index (κ1) is 22.0. The Morgan fingerprint density at radius 2 is 1.97 bits per heavy atom. The van der Waals surface area contributed by atoms with Crippen molar-refractivity contribution in [2.45, 2.75) is 29.1 Å². The summed E-state index contributed by atoms with van der Waals surface area (Å²) in [4.78, 5) is 27.8. The Morgan fingerprint density at radius 3 is 2.71 bits per heavy atom. The lowest BCUT2D eigenvalue weighted by atomic mass is 10.1. The van der Waals surface area contributed by atoms with Crippen LogP contribution in [0.1, 0.15) is 19.3 Å². The lowest BCUT2D eigenvalue weighted by Gasteiger charge is -2.18. The topological polar surface area (TPSA) is 95.6 Å². The van der Waals surface area contributed by atoms with Gasteiger partial charge in [0, 0.05) is 35.2 Å². The van der Waals surface area contributed by atoms with Gasteiger partial charge in [-0.3, -0.25) is 14.3 Å². The van der Waals surface area contributed by atoms with E-state index in [4.69, 9.17) is 11.6 Å². The van der Waals surface area contributed by atoms with E-state index >= 15 is 0 Å². The predicted octanol–water partition coefficient (Wildman–Crippen LogP) is 3.81. The van der Waals surface area contributed by atoms with Crippen molar-refractivity contribution in [1.29, 1.82) is 0 Å². The standard InChI is InChI=1S/C21H22ClN3O4S2/c22-15-4-3-5-16(11-15)24-31(28,29)17-6-7-19-18(12-17)23-21(27)14(13-30-19)10-20(26)25-8-1-2-9-25/h3-7,11-12,14,24H,1-2,8-10,13H2,(H,23,27)/t14-/m0/s1. The fourth-order valence-electron chi connectivity index (χ4n) is 3.62. The number of nitrogens with one attached hydrogen (secondary N) is 2. The van der Waals surface area contributed by atoms with Gasteiger partial charge < -0.3 is 10.2 Å². The van der Waals surface area contributed by atoms with Gasteiger partial charge in [0.15, 0.2) is 0 Å². The minimum absolute atomic E-state index is 0.00167. The molecule has 0 aromatic heterocycles. The van der Waals surface area contributed by atoms with Crippen LogP contribution < -0.4 is 10.0 Å². The number of hydrogen-bond donors (Lipinski definition) is 2. The van der Waals surface area contributed by atoms with Crippen LogP contribution in [0.5, 0.6) is 0 Å². The van der Waals surface area contributed by atoms with E-state index in [0.717, 1.165) is 30.8 Å². The van der Waals surface area contributed by atoms with Gasteiger partial charge in [-0.25, -0.2) is 8.42 Å². The molecule has 1 atom stereocenters. The van der Waals surface area contributed by atoms with E-state index in [1.807, 2.05) is 4.90 Å². The molecule has 1 fully saturated rings. The smallest absolute Gasteiger partial charge is 0.261 e. The molecule has 2 aromatic carbocycles. The van der Waals surface area contributed by atoms with Crippen LogP contribution in [-0.4, -0.2) is 44.0 Å². The quantitative estimate of drug-likeness (QED) is 0.679. The van der Waals surface area contributed by atoms with Crippen LogP contribution in [-0.2, 0) is 19.6 Å². The molecule has 2 N–H and O–H groups in total. The van der Waals surface area contributed by atoms with Gasteiger partial charge in [-0.1, -0.05) is 17.7 Å². The van der Waals surface area contributed by atoms with Gasteiger partial charge in [0.1, 0.15) is 0 Å². The molecule has 0 saturated carbocycles. The molecule has 0 aliphatic carbocycles. The summed E-state index contributed by atoms with van der Waals surface area (Å²) >= 11 is 7.37. The van der Waals surface area contributed by atoms with Crippen molar-refractivity contribution in [2.24, 2.45) is 5.92 Å². The number of benzene rings is 2. The monoisotopic (exact) mass is 479 g/mol. The summed E-state index contributed by atoms with van der Waals surface area (Å²) in [6.45, 7) is 1.50. The highest BCUT2D eigenvalue weighted by atomic mass is 35.5. The normalized spacial score (nSPS) is 18.8. The van der Waals surface area contributed by atoms with E-state index in [9.17, 15) is 18.0 Å². The molecule has 2 heterocycles. The number of halogens is 1. The first-order valence-electron chi connectivity index (χ1n) is 9.96. The minimum Gasteiger partial charge on any atom is -0.343 e. The lowest BCUT2D eigenvalue weighted by Crippen LogP contribution is -2.33. The summed E-state index contributed by atoms with van der Waals surface area (Å²) in [5.41, 5.74) is 0.779. The highest BCUT2D eigenvalue weighted by Gasteiger charge is 2.30. The van der Waals surface area contributed by atoms with Gasteiger partial charge in [0.25, 0.3) is 10.0 Å². The van der Waals surface area contributed by atoms with Crippen molar-refractivity contribution in [3.05, 3.63) is 47.5 Å². The fourth-order valence-corrected chi connectivity index (χ4v) is 5.97. The van der Waals surface area contributed by atoms with Gasteiger partial charge >= 0.3 is 0 Å². The maximum absolute atomic E-state index is 12.8. The SMILES string of the molecule is O=C1Nc2cc(S(=O)(=O)Nc3cccc(Cl)c3)ccc2SC[C@@H]1CC(=O)N1CCCC1. The third-order valence-electron chi connectivity index (χ3n) is 5.29. The second kappa shape index (κ2) is 9.10. The minimum atomic E-state index is -3.87. The van der Waals surface area contributed by atoms with E-state index in [-0.39, 0.29) is 23.1 Å². The third-order valence-corrected chi connectivity index (χ3v) is 8.14. The largest absolute Gasteiger partial charge is 0.343 e. The summed E-state index contributed by atoms with van der Waals surface area (Å²) in [6.07, 6.45) is 2.17. The zero-order valence-electron chi connectivity index (χ0n) is 16.6. The molecule has 2 aliphatic heterocycles. The Morgan fingerprint density at radius 1 is 1.19 bits per heavy atom. The molecule has 164 valence electrons. The molecule has 4 rings (SSSR count). The highest BCUT2D eigenvalue weighted by molar-refractivity contribution is 7.99. The summed E-state index contributed by atoms with van der Waals surface area (Å²) < 4.78 is 28.1. The number of carbonyl (C=O) groups is 2. The molecular weight excluding hydrogens is 458 g/mol. The number of likely N-dealkylation sites (tertiary alicyclic amines) is 1. The summed E-state index contributed by atoms with van der Waals surface area (Å²) in [7, 11) is -3.87. The van der Waals surface area contributed by atoms with Gasteiger partial charge in [-0.05, 0) is 49.2 Å². The van der Waals surface area contributed by atoms with Crippen molar-refractivity contribution in [3.8, 4) is 0 Å². The molecule has 0 bridgehead atoms. The zero-order chi connectivity index (χ0) is 22.0. The van der Waals surface area contributed by atoms with Crippen molar-refractivity contribution in [3.63, 3.8) is 0 Å². The summed E-state index contributed by atoms with van der Waals surface area (Å²) in [5.74, 6) is -0.268. The van der Waals surface area contributed by atoms with Crippen molar-refractivity contribution < 1.29 is 18.0 Å². The fraction of sp³-hybridized carbons (Fsp3) is 0.333. The van der Waals surface area contributed by atoms with Crippen molar-refractivity contribution in [2.75, 3.05) is 28.9 Å². The molecule has 0 unspecified atom stereocenters. The lowest BCUT2D eigenvalue weighted by molar-refractivity contribution is -0.133.